The molecule has 21 N–H and O–H groups in total. The molecule has 1 aromatic rings. The Balaban J connectivity index is 3.25. The van der Waals surface area contributed by atoms with Crippen LogP contribution in [0.25, 0.3) is 0 Å². The minimum atomic E-state index is -1.73. The number of carbonyl (C=O) groups excluding carboxylic acids is 9. The summed E-state index contributed by atoms with van der Waals surface area (Å²) < 4.78 is 0. The van der Waals surface area contributed by atoms with Crippen molar-refractivity contribution in [3.63, 3.8) is 0 Å². The van der Waals surface area contributed by atoms with Crippen LogP contribution < -0.4 is 70.8 Å². The minimum Gasteiger partial charge on any atom is -0.480 e. The normalized spacial score (nSPS) is 16.0. The van der Waals surface area contributed by atoms with Crippen molar-refractivity contribution in [2.24, 2.45) is 39.8 Å². The third-order valence-electron chi connectivity index (χ3n) is 11.5. The second-order valence-corrected chi connectivity index (χ2v) is 19.6. The molecule has 29 heteroatoms. The summed E-state index contributed by atoms with van der Waals surface area (Å²) in [6.07, 6.45) is 0.929. The van der Waals surface area contributed by atoms with E-state index in [2.05, 4.69) is 62.8 Å². The topological polar surface area (TPSA) is 485 Å². The molecule has 0 bridgehead atoms. The first-order chi connectivity index (χ1) is 35.5. The highest BCUT2D eigenvalue weighted by Crippen LogP contribution is 2.10. The molecule has 76 heavy (non-hydrogen) atoms. The molecule has 0 saturated carbocycles. The second-order valence-electron chi connectivity index (χ2n) is 19.6. The molecule has 1 heterocycles. The van der Waals surface area contributed by atoms with Gasteiger partial charge in [-0.05, 0) is 97.9 Å². The van der Waals surface area contributed by atoms with Gasteiger partial charge in [-0.2, -0.15) is 0 Å². The summed E-state index contributed by atoms with van der Waals surface area (Å²) in [5, 5.41) is 52.4. The highest BCUT2D eigenvalue weighted by molar-refractivity contribution is 5.98. The van der Waals surface area contributed by atoms with Crippen molar-refractivity contribution in [3.05, 3.63) is 18.2 Å². The molecule has 0 fully saturated rings. The summed E-state index contributed by atoms with van der Waals surface area (Å²) in [7, 11) is 0. The fraction of sp³-hybridized carbons (Fsp3) is 0.702. The van der Waals surface area contributed by atoms with Gasteiger partial charge in [-0.1, -0.05) is 27.7 Å². The second kappa shape index (κ2) is 33.8. The highest BCUT2D eigenvalue weighted by Gasteiger charge is 2.36. The number of hydrogen-bond acceptors (Lipinski definition) is 16. The maximum Gasteiger partial charge on any atom is 0.326 e. The molecule has 0 unspecified atom stereocenters. The number of nitrogens with two attached hydrogens (primary N) is 4. The number of aliphatic hydroxyl groups excluding tert-OH is 2. The number of aliphatic hydroxyl groups is 2. The number of nitrogens with zero attached hydrogens (tertiary/aromatic N) is 2. The minimum absolute atomic E-state index is 0.0259. The van der Waals surface area contributed by atoms with E-state index in [0.29, 0.717) is 31.5 Å². The summed E-state index contributed by atoms with van der Waals surface area (Å²) in [5.74, 6) is -9.41. The lowest BCUT2D eigenvalue weighted by Crippen LogP contribution is -2.62. The molecule has 1 aromatic heterocycles. The number of aromatic nitrogens is 2. The molecule has 9 amide bonds. The van der Waals surface area contributed by atoms with Crippen molar-refractivity contribution in [2.75, 3.05) is 13.1 Å². The molecule has 0 radical (unpaired) electrons. The first-order valence-electron chi connectivity index (χ1n) is 25.3. The van der Waals surface area contributed by atoms with E-state index in [9.17, 15) is 63.3 Å². The number of guanidine groups is 1. The van der Waals surface area contributed by atoms with Crippen LogP contribution in [0.2, 0.25) is 0 Å². The van der Waals surface area contributed by atoms with E-state index >= 15 is 0 Å². The molecule has 0 spiro atoms. The van der Waals surface area contributed by atoms with Gasteiger partial charge in [0.1, 0.15) is 54.4 Å². The van der Waals surface area contributed by atoms with Crippen LogP contribution in [-0.2, 0) is 54.4 Å². The SMILES string of the molecule is CC(C)C[C@H](NC(=O)[C@@H](N)CC(C)C)C(=O)N[C@@H](C)C(=O)N[C@@H](CCCN=C(N)N)C(=O)N[C@@H](Cc1cnc[nH]1)C(=O)N[C@@H](C)C(=O)N[C@H](C(=O)N[C@@H](C)C(=O)N[C@H](C(=O)N[C@@H](CCCCN)C(=O)O)[C@@H](C)O)[C@@H](C)O. The van der Waals surface area contributed by atoms with Crippen LogP contribution in [0, 0.1) is 11.8 Å². The van der Waals surface area contributed by atoms with E-state index < -0.39 is 132 Å². The Hall–Kier alpha value is -6.98. The van der Waals surface area contributed by atoms with Crippen LogP contribution in [0.15, 0.2) is 17.5 Å². The molecule has 0 saturated heterocycles. The predicted molar refractivity (Wildman–Crippen MR) is 277 cm³/mol. The Morgan fingerprint density at radius 2 is 0.987 bits per heavy atom. The summed E-state index contributed by atoms with van der Waals surface area (Å²) in [6, 6.07) is -13.6. The van der Waals surface area contributed by atoms with Gasteiger partial charge in [-0.25, -0.2) is 9.78 Å². The van der Waals surface area contributed by atoms with E-state index in [0.717, 1.165) is 6.92 Å². The van der Waals surface area contributed by atoms with Gasteiger partial charge >= 0.3 is 5.97 Å². The number of H-pyrrole nitrogens is 1. The van der Waals surface area contributed by atoms with Crippen LogP contribution in [0.4, 0.5) is 0 Å². The monoisotopic (exact) mass is 1080 g/mol. The van der Waals surface area contributed by atoms with E-state index in [1.54, 1.807) is 0 Å². The number of carboxylic acid groups (broad SMARTS) is 1. The van der Waals surface area contributed by atoms with Gasteiger partial charge < -0.3 is 91.1 Å². The van der Waals surface area contributed by atoms with E-state index in [-0.39, 0.29) is 56.4 Å². The zero-order chi connectivity index (χ0) is 58.0. The molecule has 1 rings (SSSR count). The zero-order valence-corrected chi connectivity index (χ0v) is 44.9. The molecular formula is C47H84N16O13. The van der Waals surface area contributed by atoms with Gasteiger partial charge in [0.25, 0.3) is 0 Å². The lowest BCUT2D eigenvalue weighted by atomic mass is 10.0. The fourth-order valence-electron chi connectivity index (χ4n) is 7.27. The van der Waals surface area contributed by atoms with Gasteiger partial charge in [0.15, 0.2) is 5.96 Å². The first-order valence-corrected chi connectivity index (χ1v) is 25.3. The highest BCUT2D eigenvalue weighted by atomic mass is 16.4. The standard InChI is InChI=1S/C47H84N16O13/c1-22(2)17-30(49)40(69)60-33(18-23(3)4)42(71)55-24(5)37(66)58-31(14-12-16-53-47(50)51)41(70)61-34(19-29-20-52-21-54-29)43(72)56-25(6)38(67)62-35(27(8)64)44(73)57-26(7)39(68)63-36(28(9)65)45(74)59-32(46(75)76)13-10-11-15-48/h20-28,30-36,64-65H,10-19,48-49H2,1-9H3,(H,52,54)(H,55,71)(H,56,72)(H,57,73)(H,58,66)(H,59,74)(H,60,69)(H,61,70)(H,62,67)(H,63,68)(H,75,76)(H4,50,51,53)/t24-,25-,26-,27+,28+,30-,31-,32-,33-,34-,35-,36-/m0/s1. The molecule has 0 aromatic carbocycles. The number of unbranched alkanes of at least 4 members (excludes halogenated alkanes) is 1. The summed E-state index contributed by atoms with van der Waals surface area (Å²) in [4.78, 5) is 144. The van der Waals surface area contributed by atoms with Crippen LogP contribution in [0.3, 0.4) is 0 Å². The Morgan fingerprint density at radius 3 is 1.45 bits per heavy atom. The van der Waals surface area contributed by atoms with Gasteiger partial charge in [0.2, 0.25) is 53.2 Å². The lowest BCUT2D eigenvalue weighted by molar-refractivity contribution is -0.143. The van der Waals surface area contributed by atoms with Crippen LogP contribution in [0.1, 0.15) is 113 Å². The fourth-order valence-corrected chi connectivity index (χ4v) is 7.27. The van der Waals surface area contributed by atoms with Crippen molar-refractivity contribution in [1.82, 2.24) is 57.8 Å². The van der Waals surface area contributed by atoms with E-state index in [1.165, 1.54) is 40.2 Å². The molecule has 430 valence electrons. The number of amides is 9. The van der Waals surface area contributed by atoms with E-state index in [4.69, 9.17) is 22.9 Å². The maximum absolute atomic E-state index is 14.1. The number of carboxylic acids is 1. The van der Waals surface area contributed by atoms with Crippen LogP contribution in [-0.4, -0.2) is 176 Å². The lowest BCUT2D eigenvalue weighted by Gasteiger charge is -2.27. The largest absolute Gasteiger partial charge is 0.480 e. The van der Waals surface area contributed by atoms with Gasteiger partial charge in [-0.3, -0.25) is 48.1 Å². The summed E-state index contributed by atoms with van der Waals surface area (Å²) >= 11 is 0. The Labute approximate surface area is 442 Å². The number of aromatic amines is 1. The molecule has 12 atom stereocenters. The molecule has 29 nitrogen and oxygen atoms in total. The van der Waals surface area contributed by atoms with Crippen LogP contribution in [0.5, 0.6) is 0 Å². The number of aliphatic carboxylic acids is 1. The molecule has 0 aliphatic rings. The third-order valence-corrected chi connectivity index (χ3v) is 11.5. The number of imidazole rings is 1. The number of aliphatic imine (C=N–C) groups is 1. The number of hydrogen-bond donors (Lipinski definition) is 17. The summed E-state index contributed by atoms with van der Waals surface area (Å²) in [5.41, 5.74) is 22.8. The zero-order valence-electron chi connectivity index (χ0n) is 44.9. The number of carbonyl (C=O) groups is 10. The maximum atomic E-state index is 14.1. The van der Waals surface area contributed by atoms with Gasteiger partial charge in [-0.15, -0.1) is 0 Å². The van der Waals surface area contributed by atoms with Crippen molar-refractivity contribution in [2.45, 2.75) is 186 Å². The average Bonchev–Trinajstić information content (AvgIpc) is 3.84. The van der Waals surface area contributed by atoms with Crippen molar-refractivity contribution < 1.29 is 63.3 Å². The average molecular weight is 1080 g/mol. The predicted octanol–water partition coefficient (Wildman–Crippen LogP) is -5.18. The molecule has 0 aliphatic carbocycles. The quantitative estimate of drug-likeness (QED) is 0.0172. The molecule has 0 aliphatic heterocycles. The van der Waals surface area contributed by atoms with E-state index in [1.807, 2.05) is 27.7 Å². The number of nitrogens with one attached hydrogen (secondary N) is 10. The van der Waals surface area contributed by atoms with Crippen molar-refractivity contribution >= 4 is 65.1 Å². The summed E-state index contributed by atoms with van der Waals surface area (Å²) in [6.45, 7) is 14.0. The smallest absolute Gasteiger partial charge is 0.326 e. The Kier molecular flexibility index (Phi) is 29.8. The van der Waals surface area contributed by atoms with Crippen molar-refractivity contribution in [1.29, 1.82) is 0 Å². The first kappa shape index (κ1) is 67.0. The van der Waals surface area contributed by atoms with Gasteiger partial charge in [0.05, 0.1) is 24.6 Å². The Morgan fingerprint density at radius 1 is 0.553 bits per heavy atom. The number of rotatable bonds is 35. The van der Waals surface area contributed by atoms with Gasteiger partial charge in [0, 0.05) is 24.9 Å². The van der Waals surface area contributed by atoms with Crippen molar-refractivity contribution in [3.8, 4) is 0 Å². The molecular weight excluding hydrogens is 997 g/mol. The van der Waals surface area contributed by atoms with Crippen LogP contribution >= 0.6 is 0 Å². The Bertz CT molecular complexity index is 2100. The third kappa shape index (κ3) is 25.0.